The van der Waals surface area contributed by atoms with Gasteiger partial charge in [-0.2, -0.15) is 0 Å². The summed E-state index contributed by atoms with van der Waals surface area (Å²) in [6.45, 7) is 11.2. The molecule has 0 saturated heterocycles. The van der Waals surface area contributed by atoms with Crippen molar-refractivity contribution in [3.63, 3.8) is 0 Å². The SMILES string of the molecule is C=C(C)CCCCCCCCOC(C)C. The average molecular weight is 212 g/mol. The highest BCUT2D eigenvalue weighted by Gasteiger charge is 1.94. The summed E-state index contributed by atoms with van der Waals surface area (Å²) in [6, 6.07) is 0. The molecule has 0 aromatic carbocycles. The molecule has 0 heterocycles. The van der Waals surface area contributed by atoms with Gasteiger partial charge in [-0.1, -0.05) is 31.3 Å². The van der Waals surface area contributed by atoms with Gasteiger partial charge in [0.25, 0.3) is 0 Å². The van der Waals surface area contributed by atoms with Gasteiger partial charge >= 0.3 is 0 Å². The molecule has 0 rings (SSSR count). The van der Waals surface area contributed by atoms with Crippen molar-refractivity contribution in [1.29, 1.82) is 0 Å². The predicted molar refractivity (Wildman–Crippen MR) is 68.2 cm³/mol. The maximum atomic E-state index is 5.49. The van der Waals surface area contributed by atoms with E-state index in [-0.39, 0.29) is 0 Å². The van der Waals surface area contributed by atoms with Crippen molar-refractivity contribution >= 4 is 0 Å². The average Bonchev–Trinajstić information content (AvgIpc) is 2.14. The van der Waals surface area contributed by atoms with Crippen LogP contribution in [-0.2, 0) is 4.74 Å². The Hall–Kier alpha value is -0.300. The standard InChI is InChI=1S/C14H28O/c1-13(2)11-9-7-5-6-8-10-12-15-14(3)4/h14H,1,5-12H2,2-4H3. The van der Waals surface area contributed by atoms with Crippen LogP contribution in [0.15, 0.2) is 12.2 Å². The largest absolute Gasteiger partial charge is 0.379 e. The maximum absolute atomic E-state index is 5.49. The van der Waals surface area contributed by atoms with Gasteiger partial charge in [0.2, 0.25) is 0 Å². The minimum atomic E-state index is 0.389. The van der Waals surface area contributed by atoms with Crippen molar-refractivity contribution in [3.8, 4) is 0 Å². The smallest absolute Gasteiger partial charge is 0.0518 e. The Morgan fingerprint density at radius 2 is 1.53 bits per heavy atom. The summed E-state index contributed by atoms with van der Waals surface area (Å²) in [6.07, 6.45) is 9.54. The van der Waals surface area contributed by atoms with E-state index in [4.69, 9.17) is 4.74 Å². The van der Waals surface area contributed by atoms with Crippen LogP contribution in [0.3, 0.4) is 0 Å². The molecule has 0 aliphatic rings. The van der Waals surface area contributed by atoms with E-state index in [0.717, 1.165) is 6.61 Å². The van der Waals surface area contributed by atoms with Gasteiger partial charge in [0.15, 0.2) is 0 Å². The van der Waals surface area contributed by atoms with Gasteiger partial charge in [-0.15, -0.1) is 6.58 Å². The summed E-state index contributed by atoms with van der Waals surface area (Å²) in [5, 5.41) is 0. The first-order chi connectivity index (χ1) is 7.13. The summed E-state index contributed by atoms with van der Waals surface area (Å²) in [5.74, 6) is 0. The summed E-state index contributed by atoms with van der Waals surface area (Å²) in [5.41, 5.74) is 1.32. The van der Waals surface area contributed by atoms with Gasteiger partial charge in [0.1, 0.15) is 0 Å². The van der Waals surface area contributed by atoms with Gasteiger partial charge in [0.05, 0.1) is 6.10 Å². The van der Waals surface area contributed by atoms with Gasteiger partial charge in [-0.05, 0) is 40.0 Å². The minimum Gasteiger partial charge on any atom is -0.379 e. The van der Waals surface area contributed by atoms with Crippen LogP contribution in [0.25, 0.3) is 0 Å². The quantitative estimate of drug-likeness (QED) is 0.376. The minimum absolute atomic E-state index is 0.389. The molecule has 1 heteroatoms. The molecule has 0 aromatic rings. The van der Waals surface area contributed by atoms with Gasteiger partial charge in [-0.25, -0.2) is 0 Å². The molecule has 0 radical (unpaired) electrons. The summed E-state index contributed by atoms with van der Waals surface area (Å²) < 4.78 is 5.49. The first-order valence-electron chi connectivity index (χ1n) is 6.39. The van der Waals surface area contributed by atoms with Gasteiger partial charge in [-0.3, -0.25) is 0 Å². The number of allylic oxidation sites excluding steroid dienone is 1. The van der Waals surface area contributed by atoms with E-state index in [1.807, 2.05) is 0 Å². The second-order valence-electron chi connectivity index (χ2n) is 4.75. The lowest BCUT2D eigenvalue weighted by Gasteiger charge is -2.06. The fourth-order valence-electron chi connectivity index (χ4n) is 1.55. The Balaban J connectivity index is 2.96. The second-order valence-corrected chi connectivity index (χ2v) is 4.75. The zero-order chi connectivity index (χ0) is 11.5. The number of hydrogen-bond donors (Lipinski definition) is 0. The molecule has 1 nitrogen and oxygen atoms in total. The normalized spacial score (nSPS) is 10.9. The Kier molecular flexibility index (Phi) is 10.0. The van der Waals surface area contributed by atoms with E-state index in [1.54, 1.807) is 0 Å². The molecular formula is C14H28O. The molecular weight excluding hydrogens is 184 g/mol. The highest BCUT2D eigenvalue weighted by Crippen LogP contribution is 2.10. The number of rotatable bonds is 10. The summed E-state index contributed by atoms with van der Waals surface area (Å²) >= 11 is 0. The molecule has 15 heavy (non-hydrogen) atoms. The van der Waals surface area contributed by atoms with Crippen molar-refractivity contribution in [1.82, 2.24) is 0 Å². The summed E-state index contributed by atoms with van der Waals surface area (Å²) in [4.78, 5) is 0. The maximum Gasteiger partial charge on any atom is 0.0518 e. The van der Waals surface area contributed by atoms with E-state index >= 15 is 0 Å². The molecule has 0 N–H and O–H groups in total. The zero-order valence-corrected chi connectivity index (χ0v) is 10.8. The molecule has 0 amide bonds. The lowest BCUT2D eigenvalue weighted by molar-refractivity contribution is 0.0757. The molecule has 0 saturated carbocycles. The van der Waals surface area contributed by atoms with Crippen LogP contribution < -0.4 is 0 Å². The predicted octanol–water partition coefficient (Wildman–Crippen LogP) is 4.72. The zero-order valence-electron chi connectivity index (χ0n) is 10.8. The lowest BCUT2D eigenvalue weighted by Crippen LogP contribution is -2.03. The van der Waals surface area contributed by atoms with Crippen LogP contribution in [0.1, 0.15) is 65.7 Å². The number of ether oxygens (including phenoxy) is 1. The second kappa shape index (κ2) is 10.2. The van der Waals surface area contributed by atoms with Crippen molar-refractivity contribution in [2.75, 3.05) is 6.61 Å². The van der Waals surface area contributed by atoms with Crippen molar-refractivity contribution in [3.05, 3.63) is 12.2 Å². The van der Waals surface area contributed by atoms with Crippen LogP contribution in [0.4, 0.5) is 0 Å². The van der Waals surface area contributed by atoms with E-state index in [2.05, 4.69) is 27.4 Å². The monoisotopic (exact) mass is 212 g/mol. The van der Waals surface area contributed by atoms with E-state index in [9.17, 15) is 0 Å². The van der Waals surface area contributed by atoms with Gasteiger partial charge in [0, 0.05) is 6.61 Å². The first-order valence-corrected chi connectivity index (χ1v) is 6.39. The molecule has 0 bridgehead atoms. The topological polar surface area (TPSA) is 9.23 Å². The Bertz CT molecular complexity index is 149. The Morgan fingerprint density at radius 3 is 2.07 bits per heavy atom. The van der Waals surface area contributed by atoms with Crippen LogP contribution in [0.2, 0.25) is 0 Å². The highest BCUT2D eigenvalue weighted by atomic mass is 16.5. The van der Waals surface area contributed by atoms with Crippen LogP contribution >= 0.6 is 0 Å². The fraction of sp³-hybridized carbons (Fsp3) is 0.857. The van der Waals surface area contributed by atoms with Crippen LogP contribution in [0.5, 0.6) is 0 Å². The Morgan fingerprint density at radius 1 is 1.00 bits per heavy atom. The lowest BCUT2D eigenvalue weighted by atomic mass is 10.1. The van der Waals surface area contributed by atoms with Crippen molar-refractivity contribution < 1.29 is 4.74 Å². The summed E-state index contributed by atoms with van der Waals surface area (Å²) in [7, 11) is 0. The third-order valence-electron chi connectivity index (χ3n) is 2.45. The highest BCUT2D eigenvalue weighted by molar-refractivity contribution is 4.86. The molecule has 0 aliphatic heterocycles. The fourth-order valence-corrected chi connectivity index (χ4v) is 1.55. The van der Waals surface area contributed by atoms with E-state index in [1.165, 1.54) is 50.5 Å². The van der Waals surface area contributed by atoms with E-state index < -0.39 is 0 Å². The molecule has 0 aliphatic carbocycles. The molecule has 0 unspecified atom stereocenters. The molecule has 0 atom stereocenters. The van der Waals surface area contributed by atoms with Crippen LogP contribution in [-0.4, -0.2) is 12.7 Å². The molecule has 90 valence electrons. The van der Waals surface area contributed by atoms with Crippen LogP contribution in [0, 0.1) is 0 Å². The number of hydrogen-bond acceptors (Lipinski definition) is 1. The molecule has 0 fully saturated rings. The first kappa shape index (κ1) is 14.7. The van der Waals surface area contributed by atoms with E-state index in [0.29, 0.717) is 6.10 Å². The third kappa shape index (κ3) is 13.7. The van der Waals surface area contributed by atoms with Crippen molar-refractivity contribution in [2.45, 2.75) is 71.8 Å². The molecule has 0 aromatic heterocycles. The van der Waals surface area contributed by atoms with Gasteiger partial charge < -0.3 is 4.74 Å². The Labute approximate surface area is 95.9 Å². The number of unbranched alkanes of at least 4 members (excludes halogenated alkanes) is 5. The van der Waals surface area contributed by atoms with Crippen molar-refractivity contribution in [2.24, 2.45) is 0 Å². The third-order valence-corrected chi connectivity index (χ3v) is 2.45. The molecule has 0 spiro atoms.